The fourth-order valence-electron chi connectivity index (χ4n) is 1.05. The molecule has 0 aliphatic rings. The van der Waals surface area contributed by atoms with Crippen LogP contribution in [0.4, 0.5) is 13.2 Å². The zero-order valence-electron chi connectivity index (χ0n) is 8.99. The summed E-state index contributed by atoms with van der Waals surface area (Å²) < 4.78 is 41.0. The lowest BCUT2D eigenvalue weighted by molar-refractivity contribution is -0.139. The van der Waals surface area contributed by atoms with Gasteiger partial charge in [-0.05, 0) is 17.7 Å². The summed E-state index contributed by atoms with van der Waals surface area (Å²) in [5.41, 5.74) is -0.232. The quantitative estimate of drug-likeness (QED) is 0.605. The molecule has 3 nitrogen and oxygen atoms in total. The van der Waals surface area contributed by atoms with E-state index in [4.69, 9.17) is 0 Å². The molecule has 6 heteroatoms. The first-order valence-electron chi connectivity index (χ1n) is 4.67. The summed E-state index contributed by atoms with van der Waals surface area (Å²) in [5.74, 6) is -0.506. The van der Waals surface area contributed by atoms with E-state index in [1.54, 1.807) is 0 Å². The summed E-state index contributed by atoms with van der Waals surface area (Å²) >= 11 is 0. The normalized spacial score (nSPS) is 11.8. The van der Waals surface area contributed by atoms with Gasteiger partial charge in [0.15, 0.2) is 0 Å². The molecule has 0 aromatic heterocycles. The van der Waals surface area contributed by atoms with Crippen molar-refractivity contribution in [3.63, 3.8) is 0 Å². The molecule has 0 bridgehead atoms. The van der Waals surface area contributed by atoms with Crippen molar-refractivity contribution >= 4 is 12.2 Å². The Balaban J connectivity index is 2.66. The molecule has 1 rings (SSSR count). The number of alkyl halides is 3. The van der Waals surface area contributed by atoms with Crippen molar-refractivity contribution in [3.05, 3.63) is 35.4 Å². The van der Waals surface area contributed by atoms with Crippen LogP contribution >= 0.6 is 0 Å². The summed E-state index contributed by atoms with van der Waals surface area (Å²) in [7, 11) is 1.23. The number of halogens is 3. The lowest BCUT2D eigenvalue weighted by Crippen LogP contribution is -2.05. The average Bonchev–Trinajstić information content (AvgIpc) is 2.28. The Morgan fingerprint density at radius 2 is 1.94 bits per heavy atom. The molecule has 0 heterocycles. The Kier molecular flexibility index (Phi) is 4.25. The number of ether oxygens (including phenoxy) is 1. The highest BCUT2D eigenvalue weighted by atomic mass is 19.4. The van der Waals surface area contributed by atoms with Crippen LogP contribution in [0.5, 0.6) is 0 Å². The van der Waals surface area contributed by atoms with Gasteiger partial charge in [-0.2, -0.15) is 13.2 Å². The lowest BCUT2D eigenvalue weighted by atomic mass is 10.1. The lowest BCUT2D eigenvalue weighted by Gasteiger charge is -2.05. The molecule has 0 fully saturated rings. The van der Waals surface area contributed by atoms with Crippen molar-refractivity contribution in [1.82, 2.24) is 0 Å². The summed E-state index contributed by atoms with van der Waals surface area (Å²) in [6.45, 7) is -0.155. The maximum absolute atomic E-state index is 12.2. The molecule has 1 aromatic carbocycles. The molecule has 0 saturated heterocycles. The first kappa shape index (κ1) is 13.2. The van der Waals surface area contributed by atoms with Crippen molar-refractivity contribution in [2.75, 3.05) is 13.7 Å². The highest BCUT2D eigenvalue weighted by molar-refractivity contribution is 5.82. The molecule has 0 atom stereocenters. The number of esters is 1. The molecule has 0 aliphatic heterocycles. The van der Waals surface area contributed by atoms with Gasteiger partial charge in [-0.3, -0.25) is 9.79 Å². The van der Waals surface area contributed by atoms with Crippen LogP contribution in [-0.2, 0) is 15.7 Å². The minimum Gasteiger partial charge on any atom is -0.468 e. The van der Waals surface area contributed by atoms with Crippen molar-refractivity contribution in [2.24, 2.45) is 4.99 Å². The Bertz CT molecular complexity index is 410. The number of carbonyl (C=O) groups is 1. The second kappa shape index (κ2) is 5.47. The van der Waals surface area contributed by atoms with Crippen molar-refractivity contribution in [1.29, 1.82) is 0 Å². The van der Waals surface area contributed by atoms with E-state index in [0.29, 0.717) is 5.56 Å². The van der Waals surface area contributed by atoms with Crippen LogP contribution in [0, 0.1) is 0 Å². The zero-order chi connectivity index (χ0) is 12.9. The Hall–Kier alpha value is -1.85. The van der Waals surface area contributed by atoms with Crippen molar-refractivity contribution < 1.29 is 22.7 Å². The van der Waals surface area contributed by atoms with E-state index in [9.17, 15) is 18.0 Å². The van der Waals surface area contributed by atoms with E-state index >= 15 is 0 Å². The molecular weight excluding hydrogens is 235 g/mol. The Morgan fingerprint density at radius 1 is 1.35 bits per heavy atom. The maximum Gasteiger partial charge on any atom is 0.416 e. The monoisotopic (exact) mass is 245 g/mol. The van der Waals surface area contributed by atoms with Gasteiger partial charge in [0, 0.05) is 6.21 Å². The maximum atomic E-state index is 12.2. The zero-order valence-corrected chi connectivity index (χ0v) is 8.99. The molecular formula is C11H10F3NO2. The summed E-state index contributed by atoms with van der Waals surface area (Å²) in [4.78, 5) is 14.4. The van der Waals surface area contributed by atoms with E-state index < -0.39 is 17.7 Å². The Labute approximate surface area is 95.9 Å². The first-order chi connectivity index (χ1) is 7.93. The highest BCUT2D eigenvalue weighted by Crippen LogP contribution is 2.28. The van der Waals surface area contributed by atoms with Crippen LogP contribution in [0.25, 0.3) is 0 Å². The van der Waals surface area contributed by atoms with Crippen LogP contribution in [0.2, 0.25) is 0 Å². The third kappa shape index (κ3) is 4.26. The molecule has 0 spiro atoms. The van der Waals surface area contributed by atoms with Crippen LogP contribution < -0.4 is 0 Å². The van der Waals surface area contributed by atoms with Gasteiger partial charge in [0.25, 0.3) is 0 Å². The molecule has 17 heavy (non-hydrogen) atoms. The largest absolute Gasteiger partial charge is 0.468 e. The highest BCUT2D eigenvalue weighted by Gasteiger charge is 2.29. The number of hydrogen-bond donors (Lipinski definition) is 0. The van der Waals surface area contributed by atoms with E-state index in [0.717, 1.165) is 12.1 Å². The predicted molar refractivity (Wildman–Crippen MR) is 55.9 cm³/mol. The van der Waals surface area contributed by atoms with Gasteiger partial charge in [-0.15, -0.1) is 0 Å². The van der Waals surface area contributed by atoms with Crippen LogP contribution in [0.15, 0.2) is 29.3 Å². The summed E-state index contributed by atoms with van der Waals surface area (Å²) in [6, 6.07) is 4.48. The number of aliphatic imine (C=N–C) groups is 1. The number of nitrogens with zero attached hydrogens (tertiary/aromatic N) is 1. The van der Waals surface area contributed by atoms with Gasteiger partial charge in [-0.25, -0.2) is 0 Å². The van der Waals surface area contributed by atoms with E-state index in [1.165, 1.54) is 25.5 Å². The minimum atomic E-state index is -4.35. The third-order valence-corrected chi connectivity index (χ3v) is 1.93. The van der Waals surface area contributed by atoms with Gasteiger partial charge >= 0.3 is 12.1 Å². The smallest absolute Gasteiger partial charge is 0.416 e. The van der Waals surface area contributed by atoms with Crippen LogP contribution in [-0.4, -0.2) is 25.8 Å². The fraction of sp³-hybridized carbons (Fsp3) is 0.273. The topological polar surface area (TPSA) is 38.7 Å². The van der Waals surface area contributed by atoms with Crippen molar-refractivity contribution in [2.45, 2.75) is 6.18 Å². The van der Waals surface area contributed by atoms with Gasteiger partial charge < -0.3 is 4.74 Å². The molecule has 0 radical (unpaired) electrons. The SMILES string of the molecule is COC(=O)CN=Cc1ccc(C(F)(F)F)cc1. The second-order valence-electron chi connectivity index (χ2n) is 3.17. The third-order valence-electron chi connectivity index (χ3n) is 1.93. The summed E-state index contributed by atoms with van der Waals surface area (Å²) in [5, 5.41) is 0. The van der Waals surface area contributed by atoms with Gasteiger partial charge in [-0.1, -0.05) is 12.1 Å². The molecule has 1 aromatic rings. The number of benzene rings is 1. The number of rotatable bonds is 3. The van der Waals surface area contributed by atoms with E-state index in [-0.39, 0.29) is 6.54 Å². The van der Waals surface area contributed by atoms with E-state index in [1.807, 2.05) is 0 Å². The van der Waals surface area contributed by atoms with Gasteiger partial charge in [0.2, 0.25) is 0 Å². The molecule has 0 amide bonds. The fourth-order valence-corrected chi connectivity index (χ4v) is 1.05. The van der Waals surface area contributed by atoms with Crippen LogP contribution in [0.3, 0.4) is 0 Å². The van der Waals surface area contributed by atoms with Gasteiger partial charge in [0.1, 0.15) is 6.54 Å². The molecule has 0 aliphatic carbocycles. The number of methoxy groups -OCH3 is 1. The molecule has 0 saturated carbocycles. The standard InChI is InChI=1S/C11H10F3NO2/c1-17-10(16)7-15-6-8-2-4-9(5-3-8)11(12,13)14/h2-6H,7H2,1H3. The Morgan fingerprint density at radius 3 is 2.41 bits per heavy atom. The molecule has 92 valence electrons. The minimum absolute atomic E-state index is 0.155. The second-order valence-corrected chi connectivity index (χ2v) is 3.17. The first-order valence-corrected chi connectivity index (χ1v) is 4.67. The number of hydrogen-bond acceptors (Lipinski definition) is 3. The molecule has 0 unspecified atom stereocenters. The van der Waals surface area contributed by atoms with Crippen LogP contribution in [0.1, 0.15) is 11.1 Å². The van der Waals surface area contributed by atoms with Crippen molar-refractivity contribution in [3.8, 4) is 0 Å². The summed E-state index contributed by atoms with van der Waals surface area (Å²) in [6.07, 6.45) is -3.03. The average molecular weight is 245 g/mol. The predicted octanol–water partition coefficient (Wildman–Crippen LogP) is 2.30. The van der Waals surface area contributed by atoms with Gasteiger partial charge in [0.05, 0.1) is 12.7 Å². The van der Waals surface area contributed by atoms with E-state index in [2.05, 4.69) is 9.73 Å². The molecule has 0 N–H and O–H groups in total. The number of carbonyl (C=O) groups excluding carboxylic acids is 1.